The third-order valence-corrected chi connectivity index (χ3v) is 11.5. The monoisotopic (exact) mass is 428 g/mol. The number of rotatable bonds is 6. The topological polar surface area (TPSA) is 96.0 Å². The van der Waals surface area contributed by atoms with Crippen molar-refractivity contribution in [2.24, 2.45) is 11.8 Å². The van der Waals surface area contributed by atoms with Crippen molar-refractivity contribution in [3.05, 3.63) is 0 Å². The molecule has 0 heterocycles. The van der Waals surface area contributed by atoms with E-state index in [-0.39, 0.29) is 17.1 Å². The summed E-state index contributed by atoms with van der Waals surface area (Å²) >= 11 is 0. The molecule has 3 unspecified atom stereocenters. The van der Waals surface area contributed by atoms with Crippen LogP contribution >= 0.6 is 0 Å². The molecule has 0 aromatic heterocycles. The van der Waals surface area contributed by atoms with Gasteiger partial charge in [0, 0.05) is 5.92 Å². The van der Waals surface area contributed by atoms with E-state index in [1.807, 2.05) is 0 Å². The highest BCUT2D eigenvalue weighted by molar-refractivity contribution is 7.86. The Hall–Kier alpha value is -0.00312. The average Bonchev–Trinajstić information content (AvgIpc) is 2.31. The fourth-order valence-electron chi connectivity index (χ4n) is 3.80. The molecular weight excluding hydrogens is 396 g/mol. The van der Waals surface area contributed by atoms with Crippen molar-refractivity contribution in [2.75, 3.05) is 12.5 Å². The molecular formula is C16H32O7S2Si. The van der Waals surface area contributed by atoms with Gasteiger partial charge in [-0.2, -0.15) is 16.8 Å². The van der Waals surface area contributed by atoms with Gasteiger partial charge in [0.2, 0.25) is 0 Å². The maximum absolute atomic E-state index is 11.7. The van der Waals surface area contributed by atoms with E-state index in [1.54, 1.807) is 0 Å². The van der Waals surface area contributed by atoms with Crippen LogP contribution in [0, 0.1) is 11.8 Å². The van der Waals surface area contributed by atoms with Gasteiger partial charge < -0.3 is 4.43 Å². The first kappa shape index (κ1) is 22.3. The average molecular weight is 429 g/mol. The molecule has 10 heteroatoms. The second-order valence-electron chi connectivity index (χ2n) is 9.24. The van der Waals surface area contributed by atoms with Gasteiger partial charge in [-0.3, -0.25) is 8.37 Å². The molecule has 0 aliphatic heterocycles. The molecule has 3 fully saturated rings. The third-order valence-electron chi connectivity index (χ3n) is 5.83. The minimum absolute atomic E-state index is 0.00986. The smallest absolute Gasteiger partial charge is 0.264 e. The Morgan fingerprint density at radius 2 is 1.19 bits per heavy atom. The second kappa shape index (κ2) is 7.11. The summed E-state index contributed by atoms with van der Waals surface area (Å²) in [6.45, 7) is 10.7. The predicted octanol–water partition coefficient (Wildman–Crippen LogP) is 2.50. The molecule has 3 aliphatic carbocycles. The maximum atomic E-state index is 11.7. The van der Waals surface area contributed by atoms with E-state index >= 15 is 0 Å². The minimum atomic E-state index is -3.66. The van der Waals surface area contributed by atoms with Crippen molar-refractivity contribution in [3.63, 3.8) is 0 Å². The van der Waals surface area contributed by atoms with Crippen LogP contribution in [0.3, 0.4) is 0 Å². The lowest BCUT2D eigenvalue weighted by Crippen LogP contribution is -2.59. The molecule has 26 heavy (non-hydrogen) atoms. The summed E-state index contributed by atoms with van der Waals surface area (Å²) in [7, 11) is -9.43. The van der Waals surface area contributed by atoms with Crippen LogP contribution in [0.4, 0.5) is 0 Å². The van der Waals surface area contributed by atoms with Gasteiger partial charge in [-0.1, -0.05) is 20.8 Å². The van der Waals surface area contributed by atoms with E-state index in [0.29, 0.717) is 12.8 Å². The largest absolute Gasteiger partial charge is 0.413 e. The first-order chi connectivity index (χ1) is 11.5. The molecule has 3 aliphatic rings. The molecule has 0 N–H and O–H groups in total. The Balaban J connectivity index is 2.33. The second-order valence-corrected chi connectivity index (χ2v) is 17.2. The molecule has 0 saturated heterocycles. The van der Waals surface area contributed by atoms with E-state index in [4.69, 9.17) is 12.8 Å². The van der Waals surface area contributed by atoms with Gasteiger partial charge in [0.1, 0.15) is 0 Å². The van der Waals surface area contributed by atoms with Crippen LogP contribution < -0.4 is 0 Å². The molecule has 2 bridgehead atoms. The molecule has 0 radical (unpaired) electrons. The SMILES string of the molecule is CC(C)(C)[Si](C)(C)OC1CC2CC(OS(C)(=O)=O)C1C(OS(C)(=O)=O)C2. The summed E-state index contributed by atoms with van der Waals surface area (Å²) in [5, 5.41) is -0.00986. The van der Waals surface area contributed by atoms with E-state index in [2.05, 4.69) is 33.9 Å². The summed E-state index contributed by atoms with van der Waals surface area (Å²) in [5.74, 6) is -0.299. The molecule has 3 saturated carbocycles. The molecule has 0 amide bonds. The molecule has 0 aromatic carbocycles. The van der Waals surface area contributed by atoms with Crippen molar-refractivity contribution in [3.8, 4) is 0 Å². The zero-order chi connectivity index (χ0) is 20.1. The normalized spacial score (nSPS) is 33.4. The summed E-state index contributed by atoms with van der Waals surface area (Å²) in [6.07, 6.45) is 2.50. The molecule has 154 valence electrons. The minimum Gasteiger partial charge on any atom is -0.413 e. The molecule has 3 rings (SSSR count). The number of hydrogen-bond donors (Lipinski definition) is 0. The molecule has 0 aromatic rings. The highest BCUT2D eigenvalue weighted by Crippen LogP contribution is 2.49. The van der Waals surface area contributed by atoms with Crippen molar-refractivity contribution < 1.29 is 29.6 Å². The Morgan fingerprint density at radius 1 is 0.808 bits per heavy atom. The molecule has 3 atom stereocenters. The molecule has 0 spiro atoms. The van der Waals surface area contributed by atoms with Gasteiger partial charge in [-0.15, -0.1) is 0 Å². The zero-order valence-corrected chi connectivity index (χ0v) is 19.3. The van der Waals surface area contributed by atoms with Crippen LogP contribution in [0.15, 0.2) is 0 Å². The van der Waals surface area contributed by atoms with Crippen LogP contribution in [0.1, 0.15) is 40.0 Å². The van der Waals surface area contributed by atoms with Gasteiger partial charge in [-0.25, -0.2) is 0 Å². The fraction of sp³-hybridized carbons (Fsp3) is 1.00. The lowest BCUT2D eigenvalue weighted by Gasteiger charge is -2.52. The zero-order valence-electron chi connectivity index (χ0n) is 16.7. The predicted molar refractivity (Wildman–Crippen MR) is 102 cm³/mol. The Morgan fingerprint density at radius 3 is 1.54 bits per heavy atom. The van der Waals surface area contributed by atoms with Gasteiger partial charge in [0.15, 0.2) is 8.32 Å². The van der Waals surface area contributed by atoms with E-state index < -0.39 is 46.7 Å². The quantitative estimate of drug-likeness (QED) is 0.474. The third kappa shape index (κ3) is 5.51. The number of fused-ring (bicyclic) bond motifs is 3. The van der Waals surface area contributed by atoms with E-state index in [1.165, 1.54) is 0 Å². The van der Waals surface area contributed by atoms with Crippen molar-refractivity contribution in [1.82, 2.24) is 0 Å². The van der Waals surface area contributed by atoms with Crippen LogP contribution in [-0.4, -0.2) is 56.0 Å². The van der Waals surface area contributed by atoms with Crippen LogP contribution in [-0.2, 0) is 33.0 Å². The van der Waals surface area contributed by atoms with E-state index in [9.17, 15) is 16.8 Å². The Bertz CT molecular complexity index is 680. The number of hydrogen-bond acceptors (Lipinski definition) is 7. The van der Waals surface area contributed by atoms with Crippen LogP contribution in [0.25, 0.3) is 0 Å². The first-order valence-corrected chi connectivity index (χ1v) is 15.5. The van der Waals surface area contributed by atoms with Crippen LogP contribution in [0.5, 0.6) is 0 Å². The maximum Gasteiger partial charge on any atom is 0.264 e. The van der Waals surface area contributed by atoms with Gasteiger partial charge in [0.05, 0.1) is 30.8 Å². The highest BCUT2D eigenvalue weighted by atomic mass is 32.2. The highest BCUT2D eigenvalue weighted by Gasteiger charge is 2.54. The standard InChI is InChI=1S/C16H32O7S2Si/c1-16(2,3)26(6,7)23-14-10-11-8-12(21-24(4,17)18)15(14)13(9-11)22-25(5,19)20/h11-15H,8-10H2,1-7H3. The van der Waals surface area contributed by atoms with Gasteiger partial charge in [-0.05, 0) is 43.3 Å². The first-order valence-electron chi connectivity index (χ1n) is 8.93. The Labute approximate surface area is 159 Å². The van der Waals surface area contributed by atoms with Crippen LogP contribution in [0.2, 0.25) is 18.1 Å². The van der Waals surface area contributed by atoms with Crippen molar-refractivity contribution in [2.45, 2.75) is 76.5 Å². The summed E-state index contributed by atoms with van der Waals surface area (Å²) in [5.41, 5.74) is 0. The summed E-state index contributed by atoms with van der Waals surface area (Å²) < 4.78 is 64.0. The molecule has 7 nitrogen and oxygen atoms in total. The fourth-order valence-corrected chi connectivity index (χ4v) is 6.48. The van der Waals surface area contributed by atoms with Gasteiger partial charge >= 0.3 is 0 Å². The summed E-state index contributed by atoms with van der Waals surface area (Å²) in [6, 6.07) is 0. The van der Waals surface area contributed by atoms with Crippen molar-refractivity contribution in [1.29, 1.82) is 0 Å². The van der Waals surface area contributed by atoms with Crippen molar-refractivity contribution >= 4 is 28.6 Å². The lowest BCUT2D eigenvalue weighted by atomic mass is 9.66. The lowest BCUT2D eigenvalue weighted by molar-refractivity contribution is -0.116. The Kier molecular flexibility index (Phi) is 6.09. The summed E-state index contributed by atoms with van der Waals surface area (Å²) in [4.78, 5) is 0. The van der Waals surface area contributed by atoms with E-state index in [0.717, 1.165) is 18.9 Å². The van der Waals surface area contributed by atoms with Gasteiger partial charge in [0.25, 0.3) is 20.2 Å².